The van der Waals surface area contributed by atoms with Crippen LogP contribution < -0.4 is 0 Å². The van der Waals surface area contributed by atoms with Crippen LogP contribution in [-0.4, -0.2) is 0 Å². The van der Waals surface area contributed by atoms with Crippen molar-refractivity contribution in [2.24, 2.45) is 0 Å². The van der Waals surface area contributed by atoms with Crippen LogP contribution in [-0.2, 0) is 33.7 Å². The van der Waals surface area contributed by atoms with Crippen molar-refractivity contribution in [2.45, 2.75) is 52.4 Å². The summed E-state index contributed by atoms with van der Waals surface area (Å²) in [4.78, 5) is 0. The van der Waals surface area contributed by atoms with Gasteiger partial charge in [0.05, 0.1) is 0 Å². The summed E-state index contributed by atoms with van der Waals surface area (Å²) in [6.07, 6.45) is 7.75. The maximum absolute atomic E-state index is 4.93. The molecule has 0 atom stereocenters. The van der Waals surface area contributed by atoms with Gasteiger partial charge in [-0.3, -0.25) is 0 Å². The Hall–Kier alpha value is 0.163. The summed E-state index contributed by atoms with van der Waals surface area (Å²) in [7, 11) is 9.87. The molecule has 2 aromatic rings. The summed E-state index contributed by atoms with van der Waals surface area (Å²) >= 11 is -0.826. The van der Waals surface area contributed by atoms with E-state index in [1.807, 2.05) is 0 Å². The Kier molecular flexibility index (Phi) is 16.7. The van der Waals surface area contributed by atoms with E-state index in [0.717, 1.165) is 0 Å². The Labute approximate surface area is 149 Å². The molecule has 122 valence electrons. The van der Waals surface area contributed by atoms with E-state index in [2.05, 4.69) is 62.4 Å². The van der Waals surface area contributed by atoms with Gasteiger partial charge in [0.1, 0.15) is 0 Å². The van der Waals surface area contributed by atoms with Crippen LogP contribution in [0, 0.1) is 0 Å². The second-order valence-electron chi connectivity index (χ2n) is 4.86. The first-order valence-electron chi connectivity index (χ1n) is 7.65. The zero-order valence-corrected chi connectivity index (χ0v) is 17.1. The van der Waals surface area contributed by atoms with E-state index in [9.17, 15) is 0 Å². The Morgan fingerprint density at radius 1 is 0.905 bits per heavy atom. The fourth-order valence-corrected chi connectivity index (χ4v) is 1.92. The molecule has 0 bridgehead atoms. The molecule has 0 N–H and O–H groups in total. The van der Waals surface area contributed by atoms with Crippen LogP contribution in [0.15, 0.2) is 48.5 Å². The van der Waals surface area contributed by atoms with Crippen LogP contribution in [0.3, 0.4) is 0 Å². The van der Waals surface area contributed by atoms with Gasteiger partial charge in [-0.15, -0.1) is 0 Å². The first-order valence-corrected chi connectivity index (χ1v) is 14.0. The van der Waals surface area contributed by atoms with Gasteiger partial charge < -0.3 is 29.8 Å². The minimum atomic E-state index is -0.826. The van der Waals surface area contributed by atoms with Crippen molar-refractivity contribution in [3.63, 3.8) is 0 Å². The molecule has 0 aliphatic carbocycles. The second kappa shape index (κ2) is 16.5. The summed E-state index contributed by atoms with van der Waals surface area (Å²) in [6.45, 7) is 4.45. The summed E-state index contributed by atoms with van der Waals surface area (Å²) in [5, 5.41) is 0. The predicted octanol–water partition coefficient (Wildman–Crippen LogP) is 6.87. The summed E-state index contributed by atoms with van der Waals surface area (Å²) in [5.74, 6) is 0. The first kappa shape index (κ1) is 21.2. The van der Waals surface area contributed by atoms with Gasteiger partial charge >= 0.3 is 37.9 Å². The molecule has 0 nitrogen and oxygen atoms in total. The van der Waals surface area contributed by atoms with Gasteiger partial charge in [0.25, 0.3) is 0 Å². The third kappa shape index (κ3) is 13.5. The van der Waals surface area contributed by atoms with Crippen LogP contribution in [0.1, 0.15) is 50.7 Å². The monoisotopic (exact) mass is 402 g/mol. The minimum absolute atomic E-state index is 0.826. The normalized spacial score (nSPS) is 9.14. The van der Waals surface area contributed by atoms with Crippen molar-refractivity contribution in [1.29, 1.82) is 0 Å². The van der Waals surface area contributed by atoms with E-state index in [0.29, 0.717) is 0 Å². The van der Waals surface area contributed by atoms with Gasteiger partial charge in [-0.2, -0.15) is 17.7 Å². The van der Waals surface area contributed by atoms with E-state index in [-0.39, 0.29) is 0 Å². The Bertz CT molecular complexity index is 341. The number of halogens is 2. The van der Waals surface area contributed by atoms with E-state index in [1.165, 1.54) is 49.7 Å². The number of hydrogen-bond donors (Lipinski definition) is 0. The molecule has 0 heterocycles. The Morgan fingerprint density at radius 3 is 1.86 bits per heavy atom. The molecule has 0 saturated carbocycles. The fraction of sp³-hybridized carbons (Fsp3) is 0.444. The number of hydrogen-bond acceptors (Lipinski definition) is 0. The van der Waals surface area contributed by atoms with Crippen molar-refractivity contribution >= 4 is 17.0 Å². The third-order valence-corrected chi connectivity index (χ3v) is 3.10. The first-order chi connectivity index (χ1) is 10.3. The number of aryl methyl sites for hydroxylation is 2. The van der Waals surface area contributed by atoms with Gasteiger partial charge in [0, 0.05) is 0 Å². The maximum atomic E-state index is 4.93. The standard InChI is InChI=1S/2C9H13.2ClH.Zr/c2*1-2-3-6-9-7-4-5-8-9;;;/h2*4-5,7-8H,2-3,6H2,1H3;2*1H;/q-5;-1;;;+2/p-2. The van der Waals surface area contributed by atoms with Crippen molar-refractivity contribution in [3.05, 3.63) is 59.7 Å². The van der Waals surface area contributed by atoms with Crippen molar-refractivity contribution in [1.82, 2.24) is 0 Å². The molecule has 0 fully saturated rings. The number of rotatable bonds is 6. The molecule has 0 aliphatic rings. The van der Waals surface area contributed by atoms with Gasteiger partial charge in [-0.25, -0.2) is 18.6 Å². The molecule has 0 aliphatic heterocycles. The van der Waals surface area contributed by atoms with Crippen LogP contribution >= 0.6 is 17.0 Å². The second-order valence-corrected chi connectivity index (χ2v) is 8.60. The Balaban J connectivity index is 0.000000322. The molecular weight excluding hydrogens is 378 g/mol. The number of unbranched alkanes of at least 4 members (excludes halogenated alkanes) is 2. The van der Waals surface area contributed by atoms with Crippen LogP contribution in [0.5, 0.6) is 0 Å². The molecular formula is C18H26Cl2Zr-6. The molecule has 0 spiro atoms. The van der Waals surface area contributed by atoms with Gasteiger partial charge in [0.15, 0.2) is 0 Å². The molecule has 0 unspecified atom stereocenters. The van der Waals surface area contributed by atoms with Gasteiger partial charge in [-0.1, -0.05) is 46.0 Å². The van der Waals surface area contributed by atoms with E-state index in [4.69, 9.17) is 17.0 Å². The van der Waals surface area contributed by atoms with Crippen LogP contribution in [0.2, 0.25) is 0 Å². The van der Waals surface area contributed by atoms with E-state index < -0.39 is 20.8 Å². The van der Waals surface area contributed by atoms with Crippen molar-refractivity contribution < 1.29 is 20.8 Å². The van der Waals surface area contributed by atoms with Crippen LogP contribution in [0.4, 0.5) is 0 Å². The predicted molar refractivity (Wildman–Crippen MR) is 93.0 cm³/mol. The van der Waals surface area contributed by atoms with Gasteiger partial charge in [0.2, 0.25) is 0 Å². The van der Waals surface area contributed by atoms with Gasteiger partial charge in [-0.05, 0) is 0 Å². The molecule has 0 radical (unpaired) electrons. The molecule has 3 heteroatoms. The summed E-state index contributed by atoms with van der Waals surface area (Å²) in [5.41, 5.74) is 2.97. The van der Waals surface area contributed by atoms with Crippen molar-refractivity contribution in [3.8, 4) is 0 Å². The van der Waals surface area contributed by atoms with Crippen LogP contribution in [0.25, 0.3) is 0 Å². The molecule has 0 saturated heterocycles. The molecule has 0 aromatic heterocycles. The third-order valence-electron chi connectivity index (χ3n) is 3.10. The SMILES string of the molecule is CCCC[c-]1[cH-][cH-][cH-][cH-]1.CCCC[c-]1cccc1.[Cl][Zr][Cl]. The topological polar surface area (TPSA) is 0 Å². The quantitative estimate of drug-likeness (QED) is 0.461. The zero-order chi connectivity index (χ0) is 15.8. The molecule has 2 rings (SSSR count). The molecule has 2 aromatic carbocycles. The average Bonchev–Trinajstić information content (AvgIpc) is 3.18. The summed E-state index contributed by atoms with van der Waals surface area (Å²) in [6, 6.07) is 17.2. The Morgan fingerprint density at radius 2 is 1.38 bits per heavy atom. The zero-order valence-electron chi connectivity index (χ0n) is 13.1. The molecule has 0 amide bonds. The average molecular weight is 405 g/mol. The fourth-order valence-electron chi connectivity index (χ4n) is 1.92. The summed E-state index contributed by atoms with van der Waals surface area (Å²) < 4.78 is 0. The molecule has 21 heavy (non-hydrogen) atoms. The van der Waals surface area contributed by atoms with E-state index in [1.54, 1.807) is 0 Å². The van der Waals surface area contributed by atoms with E-state index >= 15 is 0 Å². The van der Waals surface area contributed by atoms with Crippen molar-refractivity contribution in [2.75, 3.05) is 0 Å².